The molecule has 8 heteroatoms. The smallest absolute Gasteiger partial charge is 0.327 e. The number of aromatic nitrogens is 2. The molecule has 0 saturated carbocycles. The Morgan fingerprint density at radius 1 is 0.914 bits per heavy atom. The molecule has 176 valence electrons. The number of urea groups is 1. The number of carbonyl (C=O) groups excluding carboxylic acids is 1. The van der Waals surface area contributed by atoms with E-state index in [1.807, 2.05) is 67.6 Å². The molecule has 0 aliphatic carbocycles. The maximum Gasteiger partial charge on any atom is 0.327 e. The van der Waals surface area contributed by atoms with E-state index in [0.29, 0.717) is 40.2 Å². The van der Waals surface area contributed by atoms with E-state index in [-0.39, 0.29) is 6.03 Å². The van der Waals surface area contributed by atoms with Crippen LogP contribution < -0.4 is 19.7 Å². The molecule has 5 rings (SSSR count). The first-order chi connectivity index (χ1) is 17.1. The number of anilines is 1. The van der Waals surface area contributed by atoms with Gasteiger partial charge in [-0.1, -0.05) is 65.8 Å². The summed E-state index contributed by atoms with van der Waals surface area (Å²) in [5.74, 6) is 1.93. The zero-order chi connectivity index (χ0) is 24.4. The lowest BCUT2D eigenvalue weighted by atomic mass is 9.94. The van der Waals surface area contributed by atoms with Crippen molar-refractivity contribution in [3.8, 4) is 22.9 Å². The van der Waals surface area contributed by atoms with Crippen LogP contribution in [-0.4, -0.2) is 30.4 Å². The van der Waals surface area contributed by atoms with Gasteiger partial charge in [-0.15, -0.1) is 0 Å². The van der Waals surface area contributed by atoms with Crippen LogP contribution in [0.1, 0.15) is 24.4 Å². The predicted octanol–water partition coefficient (Wildman–Crippen LogP) is 5.46. The Labute approximate surface area is 202 Å². The number of rotatable bonds is 6. The summed E-state index contributed by atoms with van der Waals surface area (Å²) in [6.45, 7) is 1.86. The Balaban J connectivity index is 1.67. The molecule has 0 bridgehead atoms. The Bertz CT molecular complexity index is 1360. The SMILES string of the molecule is COc1cc(OC)cc(N2C(=O)NC(c3ccccc3)C(c3nc(-c4ccccc4)no3)=C2C)c1. The number of amides is 2. The van der Waals surface area contributed by atoms with Crippen molar-refractivity contribution < 1.29 is 18.8 Å². The van der Waals surface area contributed by atoms with E-state index in [2.05, 4.69) is 15.5 Å². The molecule has 8 nitrogen and oxygen atoms in total. The van der Waals surface area contributed by atoms with Gasteiger partial charge in [0.1, 0.15) is 11.5 Å². The normalized spacial score (nSPS) is 15.7. The lowest BCUT2D eigenvalue weighted by Gasteiger charge is -2.35. The van der Waals surface area contributed by atoms with E-state index in [4.69, 9.17) is 14.0 Å². The molecular formula is C27H24N4O4. The summed E-state index contributed by atoms with van der Waals surface area (Å²) < 4.78 is 16.6. The van der Waals surface area contributed by atoms with Gasteiger partial charge in [-0.2, -0.15) is 4.98 Å². The second-order valence-electron chi connectivity index (χ2n) is 7.99. The molecule has 1 N–H and O–H groups in total. The molecule has 2 heterocycles. The van der Waals surface area contributed by atoms with E-state index in [0.717, 1.165) is 11.1 Å². The molecule has 1 atom stereocenters. The van der Waals surface area contributed by atoms with Gasteiger partial charge in [0.05, 0.1) is 31.5 Å². The number of nitrogens with zero attached hydrogens (tertiary/aromatic N) is 3. The third-order valence-corrected chi connectivity index (χ3v) is 5.90. The average molecular weight is 469 g/mol. The molecule has 1 aliphatic rings. The zero-order valence-corrected chi connectivity index (χ0v) is 19.6. The van der Waals surface area contributed by atoms with Gasteiger partial charge in [-0.25, -0.2) is 4.79 Å². The summed E-state index contributed by atoms with van der Waals surface area (Å²) in [6.07, 6.45) is 0. The summed E-state index contributed by atoms with van der Waals surface area (Å²) >= 11 is 0. The number of nitrogens with one attached hydrogen (secondary N) is 1. The van der Waals surface area contributed by atoms with Gasteiger partial charge in [0, 0.05) is 29.5 Å². The van der Waals surface area contributed by atoms with Crippen molar-refractivity contribution in [2.45, 2.75) is 13.0 Å². The number of carbonyl (C=O) groups is 1. The molecule has 0 fully saturated rings. The lowest BCUT2D eigenvalue weighted by Crippen LogP contribution is -2.46. The molecule has 1 aromatic heterocycles. The first kappa shape index (κ1) is 22.2. The molecule has 1 aliphatic heterocycles. The second kappa shape index (κ2) is 9.34. The van der Waals surface area contributed by atoms with Crippen LogP contribution >= 0.6 is 0 Å². The molecule has 0 spiro atoms. The van der Waals surface area contributed by atoms with E-state index in [9.17, 15) is 4.79 Å². The average Bonchev–Trinajstić information content (AvgIpc) is 3.39. The molecule has 2 amide bonds. The first-order valence-electron chi connectivity index (χ1n) is 11.1. The van der Waals surface area contributed by atoms with E-state index in [1.165, 1.54) is 0 Å². The number of benzene rings is 3. The van der Waals surface area contributed by atoms with Gasteiger partial charge >= 0.3 is 6.03 Å². The number of methoxy groups -OCH3 is 2. The third-order valence-electron chi connectivity index (χ3n) is 5.90. The molecule has 0 saturated heterocycles. The topological polar surface area (TPSA) is 89.7 Å². The van der Waals surface area contributed by atoms with Gasteiger partial charge < -0.3 is 19.3 Å². The lowest BCUT2D eigenvalue weighted by molar-refractivity contribution is 0.244. The molecule has 0 radical (unpaired) electrons. The molecule has 1 unspecified atom stereocenters. The molecule has 35 heavy (non-hydrogen) atoms. The fraction of sp³-hybridized carbons (Fsp3) is 0.148. The Kier molecular flexibility index (Phi) is 5.93. The van der Waals surface area contributed by atoms with Crippen LogP contribution in [0.2, 0.25) is 0 Å². The van der Waals surface area contributed by atoms with Crippen LogP contribution in [0.4, 0.5) is 10.5 Å². The number of hydrogen-bond donors (Lipinski definition) is 1. The highest BCUT2D eigenvalue weighted by Gasteiger charge is 2.36. The Morgan fingerprint density at radius 3 is 2.17 bits per heavy atom. The summed E-state index contributed by atoms with van der Waals surface area (Å²) in [4.78, 5) is 19.7. The summed E-state index contributed by atoms with van der Waals surface area (Å²) in [5, 5.41) is 7.31. The van der Waals surface area contributed by atoms with Crippen molar-refractivity contribution in [1.82, 2.24) is 15.5 Å². The van der Waals surface area contributed by atoms with Crippen LogP contribution in [0.5, 0.6) is 11.5 Å². The second-order valence-corrected chi connectivity index (χ2v) is 7.99. The largest absolute Gasteiger partial charge is 0.497 e. The van der Waals surface area contributed by atoms with Gasteiger partial charge in [0.25, 0.3) is 5.89 Å². The Hall–Kier alpha value is -4.59. The van der Waals surface area contributed by atoms with Gasteiger partial charge in [-0.3, -0.25) is 4.90 Å². The van der Waals surface area contributed by atoms with Crippen molar-refractivity contribution in [3.63, 3.8) is 0 Å². The first-order valence-corrected chi connectivity index (χ1v) is 11.1. The van der Waals surface area contributed by atoms with Gasteiger partial charge in [0.2, 0.25) is 5.82 Å². The number of allylic oxidation sites excluding steroid dienone is 1. The third kappa shape index (κ3) is 4.21. The summed E-state index contributed by atoms with van der Waals surface area (Å²) in [6, 6.07) is 23.8. The van der Waals surface area contributed by atoms with Crippen LogP contribution in [0, 0.1) is 0 Å². The monoisotopic (exact) mass is 468 g/mol. The zero-order valence-electron chi connectivity index (χ0n) is 19.6. The molecule has 4 aromatic rings. The van der Waals surface area contributed by atoms with Gasteiger partial charge in [0.15, 0.2) is 0 Å². The highest BCUT2D eigenvalue weighted by Crippen LogP contribution is 2.40. The fourth-order valence-corrected chi connectivity index (χ4v) is 4.19. The number of hydrogen-bond acceptors (Lipinski definition) is 6. The van der Waals surface area contributed by atoms with E-state index in [1.54, 1.807) is 37.3 Å². The van der Waals surface area contributed by atoms with E-state index < -0.39 is 6.04 Å². The maximum absolute atomic E-state index is 13.4. The van der Waals surface area contributed by atoms with E-state index >= 15 is 0 Å². The quantitative estimate of drug-likeness (QED) is 0.404. The van der Waals surface area contributed by atoms with Crippen LogP contribution in [0.3, 0.4) is 0 Å². The van der Waals surface area contributed by atoms with Crippen LogP contribution in [0.25, 0.3) is 17.0 Å². The van der Waals surface area contributed by atoms with Crippen molar-refractivity contribution in [2.75, 3.05) is 19.1 Å². The predicted molar refractivity (Wildman–Crippen MR) is 132 cm³/mol. The van der Waals surface area contributed by atoms with Crippen LogP contribution in [-0.2, 0) is 0 Å². The Morgan fingerprint density at radius 2 is 1.54 bits per heavy atom. The maximum atomic E-state index is 13.4. The highest BCUT2D eigenvalue weighted by atomic mass is 16.5. The number of ether oxygens (including phenoxy) is 2. The minimum atomic E-state index is -0.475. The minimum Gasteiger partial charge on any atom is -0.497 e. The standard InChI is InChI=1S/C27H24N4O4/c1-17-23(26-29-25(30-35-26)19-12-8-5-9-13-19)24(18-10-6-4-7-11-18)28-27(32)31(17)20-14-21(33-2)16-22(15-20)34-3/h4-16,24H,1-3H3,(H,28,32). The summed E-state index contributed by atoms with van der Waals surface area (Å²) in [5.41, 5.74) is 3.68. The van der Waals surface area contributed by atoms with Crippen molar-refractivity contribution in [3.05, 3.63) is 96.0 Å². The minimum absolute atomic E-state index is 0.293. The van der Waals surface area contributed by atoms with Gasteiger partial charge in [-0.05, 0) is 12.5 Å². The molecule has 3 aromatic carbocycles. The summed E-state index contributed by atoms with van der Waals surface area (Å²) in [7, 11) is 3.13. The van der Waals surface area contributed by atoms with Crippen molar-refractivity contribution in [2.24, 2.45) is 0 Å². The van der Waals surface area contributed by atoms with Crippen molar-refractivity contribution >= 4 is 17.3 Å². The van der Waals surface area contributed by atoms with Crippen molar-refractivity contribution in [1.29, 1.82) is 0 Å². The van der Waals surface area contributed by atoms with Crippen LogP contribution in [0.15, 0.2) is 89.1 Å². The highest BCUT2D eigenvalue weighted by molar-refractivity contribution is 6.01. The fourth-order valence-electron chi connectivity index (χ4n) is 4.19. The molecular weight excluding hydrogens is 444 g/mol.